The zero-order valence-electron chi connectivity index (χ0n) is 13.3. The summed E-state index contributed by atoms with van der Waals surface area (Å²) in [6.45, 7) is 1.85. The summed E-state index contributed by atoms with van der Waals surface area (Å²) in [6.07, 6.45) is 6.06. The topological polar surface area (TPSA) is 82.6 Å². The van der Waals surface area contributed by atoms with Crippen molar-refractivity contribution in [1.29, 1.82) is 0 Å². The Morgan fingerprint density at radius 3 is 2.59 bits per heavy atom. The molecule has 0 aromatic heterocycles. The summed E-state index contributed by atoms with van der Waals surface area (Å²) < 4.78 is 26.5. The Hall–Kier alpha value is -0.470. The van der Waals surface area contributed by atoms with E-state index in [0.29, 0.717) is 30.2 Å². The highest BCUT2D eigenvalue weighted by Crippen LogP contribution is 2.25. The third-order valence-corrected chi connectivity index (χ3v) is 6.97. The number of hydrogen-bond donors (Lipinski definition) is 3. The number of nitrogens with zero attached hydrogens (tertiary/aromatic N) is 1. The summed E-state index contributed by atoms with van der Waals surface area (Å²) in [5.41, 5.74) is 0. The Morgan fingerprint density at radius 1 is 1.18 bits per heavy atom. The van der Waals surface area contributed by atoms with Gasteiger partial charge in [0.25, 0.3) is 0 Å². The number of nitrogens with one attached hydrogen (secondary N) is 3. The van der Waals surface area contributed by atoms with Crippen LogP contribution in [0.3, 0.4) is 0 Å². The predicted octanol–water partition coefficient (Wildman–Crippen LogP) is 0.767. The summed E-state index contributed by atoms with van der Waals surface area (Å²) in [5.74, 6) is 2.55. The summed E-state index contributed by atoms with van der Waals surface area (Å²) in [4.78, 5) is 4.14. The van der Waals surface area contributed by atoms with E-state index in [9.17, 15) is 8.42 Å². The molecule has 1 heterocycles. The van der Waals surface area contributed by atoms with Crippen LogP contribution in [-0.2, 0) is 10.0 Å². The third kappa shape index (κ3) is 6.34. The molecule has 0 aromatic carbocycles. The van der Waals surface area contributed by atoms with Gasteiger partial charge in [-0.15, -0.1) is 0 Å². The van der Waals surface area contributed by atoms with Crippen molar-refractivity contribution >= 4 is 27.7 Å². The lowest BCUT2D eigenvalue weighted by Gasteiger charge is -2.25. The average molecular weight is 349 g/mol. The second-order valence-electron chi connectivity index (χ2n) is 5.98. The molecular weight excluding hydrogens is 320 g/mol. The van der Waals surface area contributed by atoms with Crippen LogP contribution in [0.25, 0.3) is 0 Å². The number of hydrogen-bond acceptors (Lipinski definition) is 4. The molecule has 0 aromatic rings. The highest BCUT2D eigenvalue weighted by atomic mass is 32.2. The fourth-order valence-electron chi connectivity index (χ4n) is 2.55. The Kier molecular flexibility index (Phi) is 7.30. The van der Waals surface area contributed by atoms with Gasteiger partial charge in [-0.3, -0.25) is 4.99 Å². The van der Waals surface area contributed by atoms with Gasteiger partial charge in [0.1, 0.15) is 0 Å². The van der Waals surface area contributed by atoms with Gasteiger partial charge in [-0.25, -0.2) is 13.1 Å². The van der Waals surface area contributed by atoms with Crippen LogP contribution < -0.4 is 15.4 Å². The number of rotatable bonds is 8. The van der Waals surface area contributed by atoms with Crippen molar-refractivity contribution in [2.45, 2.75) is 37.4 Å². The van der Waals surface area contributed by atoms with E-state index in [4.69, 9.17) is 0 Å². The molecule has 2 aliphatic rings. The second kappa shape index (κ2) is 8.98. The molecule has 3 N–H and O–H groups in total. The van der Waals surface area contributed by atoms with Crippen LogP contribution >= 0.6 is 11.8 Å². The maximum absolute atomic E-state index is 11.9. The van der Waals surface area contributed by atoms with E-state index in [1.165, 1.54) is 25.0 Å². The number of thioether (sulfide) groups is 1. The van der Waals surface area contributed by atoms with E-state index in [1.807, 2.05) is 11.8 Å². The van der Waals surface area contributed by atoms with Gasteiger partial charge in [0.2, 0.25) is 10.0 Å². The molecule has 0 bridgehead atoms. The first-order valence-corrected chi connectivity index (χ1v) is 10.8. The summed E-state index contributed by atoms with van der Waals surface area (Å²) in [6, 6.07) is 0. The third-order valence-electron chi connectivity index (χ3n) is 4.22. The van der Waals surface area contributed by atoms with Crippen LogP contribution in [0, 0.1) is 5.92 Å². The van der Waals surface area contributed by atoms with Crippen molar-refractivity contribution in [3.63, 3.8) is 0 Å². The summed E-state index contributed by atoms with van der Waals surface area (Å²) >= 11 is 1.99. The number of guanidine groups is 1. The Morgan fingerprint density at radius 2 is 2.00 bits per heavy atom. The van der Waals surface area contributed by atoms with Gasteiger partial charge in [0.15, 0.2) is 5.96 Å². The lowest BCUT2D eigenvalue weighted by Crippen LogP contribution is -2.43. The lowest BCUT2D eigenvalue weighted by atomic mass is 9.86. The fraction of sp³-hybridized carbons (Fsp3) is 0.929. The molecule has 22 heavy (non-hydrogen) atoms. The van der Waals surface area contributed by atoms with Crippen LogP contribution in [0.2, 0.25) is 0 Å². The minimum Gasteiger partial charge on any atom is -0.355 e. The SMILES string of the molecule is CN=C(NCCS(=O)(=O)NCC1CCC1)NCC1CCCS1. The van der Waals surface area contributed by atoms with Gasteiger partial charge in [-0.05, 0) is 37.4 Å². The largest absolute Gasteiger partial charge is 0.355 e. The molecule has 6 nitrogen and oxygen atoms in total. The molecule has 1 saturated heterocycles. The van der Waals surface area contributed by atoms with E-state index in [1.54, 1.807) is 7.05 Å². The standard InChI is InChI=1S/C14H28N4O2S2/c1-15-14(17-11-13-6-3-8-21-13)16-7-9-22(19,20)18-10-12-4-2-5-12/h12-13,18H,2-11H2,1H3,(H2,15,16,17). The van der Waals surface area contributed by atoms with Crippen LogP contribution in [0.1, 0.15) is 32.1 Å². The second-order valence-corrected chi connectivity index (χ2v) is 9.31. The maximum Gasteiger partial charge on any atom is 0.213 e. The Bertz CT molecular complexity index is 457. The monoisotopic (exact) mass is 348 g/mol. The first-order valence-electron chi connectivity index (χ1n) is 8.12. The van der Waals surface area contributed by atoms with Crippen molar-refractivity contribution in [2.75, 3.05) is 38.2 Å². The quantitative estimate of drug-likeness (QED) is 0.446. The molecule has 1 unspecified atom stereocenters. The normalized spacial score (nSPS) is 23.3. The molecule has 0 radical (unpaired) electrons. The van der Waals surface area contributed by atoms with Gasteiger partial charge in [-0.1, -0.05) is 6.42 Å². The van der Waals surface area contributed by atoms with Crippen molar-refractivity contribution < 1.29 is 8.42 Å². The van der Waals surface area contributed by atoms with Gasteiger partial charge in [-0.2, -0.15) is 11.8 Å². The Labute approximate surface area is 138 Å². The molecule has 1 atom stereocenters. The molecule has 2 fully saturated rings. The number of aliphatic imine (C=N–C) groups is 1. The molecule has 8 heteroatoms. The predicted molar refractivity (Wildman–Crippen MR) is 94.0 cm³/mol. The highest BCUT2D eigenvalue weighted by Gasteiger charge is 2.20. The van der Waals surface area contributed by atoms with E-state index in [2.05, 4.69) is 20.3 Å². The molecule has 0 amide bonds. The molecular formula is C14H28N4O2S2. The lowest BCUT2D eigenvalue weighted by molar-refractivity contribution is 0.316. The van der Waals surface area contributed by atoms with Crippen LogP contribution in [0.5, 0.6) is 0 Å². The van der Waals surface area contributed by atoms with Crippen LogP contribution in [-0.4, -0.2) is 57.8 Å². The number of sulfonamides is 1. The molecule has 1 aliphatic carbocycles. The van der Waals surface area contributed by atoms with Crippen molar-refractivity contribution in [1.82, 2.24) is 15.4 Å². The van der Waals surface area contributed by atoms with Gasteiger partial charge in [0.05, 0.1) is 5.75 Å². The van der Waals surface area contributed by atoms with Crippen LogP contribution in [0.4, 0.5) is 0 Å². The molecule has 128 valence electrons. The zero-order chi connectivity index (χ0) is 15.8. The zero-order valence-corrected chi connectivity index (χ0v) is 14.9. The molecule has 0 spiro atoms. The highest BCUT2D eigenvalue weighted by molar-refractivity contribution is 8.00. The summed E-state index contributed by atoms with van der Waals surface area (Å²) in [5, 5.41) is 6.99. The van der Waals surface area contributed by atoms with Gasteiger partial charge >= 0.3 is 0 Å². The first kappa shape index (κ1) is 17.9. The van der Waals surface area contributed by atoms with Crippen molar-refractivity contribution in [2.24, 2.45) is 10.9 Å². The molecule has 1 aliphatic heterocycles. The van der Waals surface area contributed by atoms with Crippen molar-refractivity contribution in [3.8, 4) is 0 Å². The van der Waals surface area contributed by atoms with Gasteiger partial charge < -0.3 is 10.6 Å². The van der Waals surface area contributed by atoms with Crippen molar-refractivity contribution in [3.05, 3.63) is 0 Å². The smallest absolute Gasteiger partial charge is 0.213 e. The van der Waals surface area contributed by atoms with E-state index in [-0.39, 0.29) is 5.75 Å². The van der Waals surface area contributed by atoms with Crippen LogP contribution in [0.15, 0.2) is 4.99 Å². The maximum atomic E-state index is 11.9. The minimum absolute atomic E-state index is 0.0819. The fourth-order valence-corrected chi connectivity index (χ4v) is 4.76. The molecule has 2 rings (SSSR count). The van der Waals surface area contributed by atoms with Gasteiger partial charge in [0, 0.05) is 31.9 Å². The first-order chi connectivity index (χ1) is 10.6. The molecule has 1 saturated carbocycles. The van der Waals surface area contributed by atoms with E-state index >= 15 is 0 Å². The van der Waals surface area contributed by atoms with E-state index < -0.39 is 10.0 Å². The summed E-state index contributed by atoms with van der Waals surface area (Å²) in [7, 11) is -1.48. The average Bonchev–Trinajstić information content (AvgIpc) is 2.93. The minimum atomic E-state index is -3.19. The van der Waals surface area contributed by atoms with E-state index in [0.717, 1.165) is 19.4 Å². The Balaban J connectivity index is 1.60.